The molecular weight excluding hydrogens is 274 g/mol. The molecule has 0 radical (unpaired) electrons. The van der Waals surface area contributed by atoms with Crippen molar-refractivity contribution >= 4 is 23.2 Å². The quantitative estimate of drug-likeness (QED) is 0.651. The Balaban J connectivity index is 2.05. The molecule has 0 spiro atoms. The number of nitrogens with zero attached hydrogens (tertiary/aromatic N) is 1. The Labute approximate surface area is 121 Å². The van der Waals surface area contributed by atoms with E-state index in [1.54, 1.807) is 12.1 Å². The van der Waals surface area contributed by atoms with Gasteiger partial charge in [-0.05, 0) is 30.7 Å². The number of nitrogens with one attached hydrogen (secondary N) is 2. The zero-order valence-corrected chi connectivity index (χ0v) is 11.7. The van der Waals surface area contributed by atoms with Gasteiger partial charge in [-0.3, -0.25) is 14.9 Å². The van der Waals surface area contributed by atoms with E-state index in [-0.39, 0.29) is 11.8 Å². The van der Waals surface area contributed by atoms with Gasteiger partial charge in [0.1, 0.15) is 10.7 Å². The molecule has 0 aliphatic carbocycles. The topological polar surface area (TPSA) is 97.4 Å². The van der Waals surface area contributed by atoms with Crippen LogP contribution in [-0.2, 0) is 11.3 Å². The Hall–Kier alpha value is -2.83. The van der Waals surface area contributed by atoms with E-state index < -0.39 is 4.92 Å². The smallest absolute Gasteiger partial charge is 0.404 e. The maximum atomic E-state index is 11.1. The fourth-order valence-corrected chi connectivity index (χ4v) is 1.81. The average Bonchev–Trinajstić information content (AvgIpc) is 2.88. The highest BCUT2D eigenvalue weighted by Crippen LogP contribution is 2.22. The zero-order valence-electron chi connectivity index (χ0n) is 11.7. The van der Waals surface area contributed by atoms with Crippen molar-refractivity contribution in [1.82, 2.24) is 0 Å². The molecule has 0 unspecified atom stereocenters. The molecule has 2 N–H and O–H groups in total. The summed E-state index contributed by atoms with van der Waals surface area (Å²) in [5.74, 6) is 0.0369. The summed E-state index contributed by atoms with van der Waals surface area (Å²) in [6.45, 7) is 3.66. The van der Waals surface area contributed by atoms with Gasteiger partial charge in [-0.2, -0.15) is 0 Å². The van der Waals surface area contributed by atoms with Gasteiger partial charge in [0, 0.05) is 18.3 Å². The van der Waals surface area contributed by atoms with E-state index in [1.165, 1.54) is 13.0 Å². The van der Waals surface area contributed by atoms with Crippen LogP contribution >= 0.6 is 0 Å². The fourth-order valence-electron chi connectivity index (χ4n) is 1.81. The van der Waals surface area contributed by atoms with Crippen molar-refractivity contribution < 1.29 is 14.1 Å². The molecule has 110 valence electrons. The van der Waals surface area contributed by atoms with Crippen LogP contribution in [-0.4, -0.2) is 10.8 Å². The Bertz CT molecular complexity index is 679. The van der Waals surface area contributed by atoms with Crippen LogP contribution in [0.4, 0.5) is 17.3 Å². The highest BCUT2D eigenvalue weighted by atomic mass is 16.6. The first-order valence-corrected chi connectivity index (χ1v) is 6.31. The van der Waals surface area contributed by atoms with E-state index in [2.05, 4.69) is 10.6 Å². The minimum atomic E-state index is -0.579. The van der Waals surface area contributed by atoms with Gasteiger partial charge in [0.25, 0.3) is 0 Å². The van der Waals surface area contributed by atoms with Crippen LogP contribution < -0.4 is 10.6 Å². The summed E-state index contributed by atoms with van der Waals surface area (Å²) in [6, 6.07) is 8.40. The molecule has 0 aliphatic rings. The predicted octanol–water partition coefficient (Wildman–Crippen LogP) is 3.07. The highest BCUT2D eigenvalue weighted by Gasteiger charge is 2.11. The van der Waals surface area contributed by atoms with Crippen molar-refractivity contribution in [1.29, 1.82) is 0 Å². The SMILES string of the molecule is CC(=O)Nc1cc(NCc2ccc([N+](=O)[O-])o2)ccc1C. The Kier molecular flexibility index (Phi) is 4.22. The molecule has 0 atom stereocenters. The molecule has 0 fully saturated rings. The number of benzene rings is 1. The molecule has 21 heavy (non-hydrogen) atoms. The van der Waals surface area contributed by atoms with Gasteiger partial charge in [0.15, 0.2) is 0 Å². The van der Waals surface area contributed by atoms with Gasteiger partial charge in [-0.1, -0.05) is 6.07 Å². The molecule has 0 aliphatic heterocycles. The number of nitro groups is 1. The summed E-state index contributed by atoms with van der Waals surface area (Å²) in [7, 11) is 0. The van der Waals surface area contributed by atoms with Gasteiger partial charge in [-0.15, -0.1) is 0 Å². The minimum Gasteiger partial charge on any atom is -0.404 e. The second-order valence-electron chi connectivity index (χ2n) is 4.56. The fraction of sp³-hybridized carbons (Fsp3) is 0.214. The molecule has 1 aromatic heterocycles. The first kappa shape index (κ1) is 14.6. The first-order chi connectivity index (χ1) is 9.95. The molecule has 1 aromatic carbocycles. The van der Waals surface area contributed by atoms with Crippen LogP contribution in [0.3, 0.4) is 0 Å². The Morgan fingerprint density at radius 2 is 2.10 bits per heavy atom. The molecule has 0 saturated heterocycles. The van der Waals surface area contributed by atoms with E-state index in [4.69, 9.17) is 4.42 Å². The van der Waals surface area contributed by atoms with E-state index in [9.17, 15) is 14.9 Å². The molecule has 1 heterocycles. The summed E-state index contributed by atoms with van der Waals surface area (Å²) in [5.41, 5.74) is 2.45. The van der Waals surface area contributed by atoms with Crippen LogP contribution in [0.1, 0.15) is 18.2 Å². The molecule has 7 heteroatoms. The minimum absolute atomic E-state index is 0.142. The standard InChI is InChI=1S/C14H15N3O4/c1-9-3-4-11(7-13(9)16-10(2)18)15-8-12-5-6-14(21-12)17(19)20/h3-7,15H,8H2,1-2H3,(H,16,18). The third kappa shape index (κ3) is 3.82. The summed E-state index contributed by atoms with van der Waals surface area (Å²) in [6.07, 6.45) is 0. The molecule has 0 bridgehead atoms. The Morgan fingerprint density at radius 3 is 2.71 bits per heavy atom. The van der Waals surface area contributed by atoms with Crippen molar-refractivity contribution in [2.75, 3.05) is 10.6 Å². The molecule has 2 aromatic rings. The third-order valence-electron chi connectivity index (χ3n) is 2.84. The lowest BCUT2D eigenvalue weighted by molar-refractivity contribution is -0.402. The predicted molar refractivity (Wildman–Crippen MR) is 78.2 cm³/mol. The molecule has 2 rings (SSSR count). The number of rotatable bonds is 5. The first-order valence-electron chi connectivity index (χ1n) is 6.31. The monoisotopic (exact) mass is 289 g/mol. The zero-order chi connectivity index (χ0) is 15.4. The van der Waals surface area contributed by atoms with Crippen molar-refractivity contribution in [3.63, 3.8) is 0 Å². The van der Waals surface area contributed by atoms with E-state index in [1.807, 2.05) is 19.1 Å². The number of anilines is 2. The lowest BCUT2D eigenvalue weighted by atomic mass is 10.1. The number of carbonyl (C=O) groups excluding carboxylic acids is 1. The molecule has 0 saturated carbocycles. The number of aryl methyl sites for hydroxylation is 1. The van der Waals surface area contributed by atoms with Crippen LogP contribution in [0.5, 0.6) is 0 Å². The van der Waals surface area contributed by atoms with Crippen LogP contribution in [0.25, 0.3) is 0 Å². The van der Waals surface area contributed by atoms with E-state index in [0.717, 1.165) is 16.9 Å². The van der Waals surface area contributed by atoms with Crippen LogP contribution in [0.2, 0.25) is 0 Å². The maximum Gasteiger partial charge on any atom is 0.433 e. The summed E-state index contributed by atoms with van der Waals surface area (Å²) >= 11 is 0. The molecular formula is C14H15N3O4. The molecule has 7 nitrogen and oxygen atoms in total. The largest absolute Gasteiger partial charge is 0.433 e. The van der Waals surface area contributed by atoms with Crippen molar-refractivity contribution in [3.8, 4) is 0 Å². The lowest BCUT2D eigenvalue weighted by Crippen LogP contribution is -2.08. The number of amides is 1. The van der Waals surface area contributed by atoms with Crippen molar-refractivity contribution in [3.05, 3.63) is 51.8 Å². The third-order valence-corrected chi connectivity index (χ3v) is 2.84. The Morgan fingerprint density at radius 1 is 1.33 bits per heavy atom. The van der Waals surface area contributed by atoms with Crippen LogP contribution in [0.15, 0.2) is 34.7 Å². The van der Waals surface area contributed by atoms with Gasteiger partial charge >= 0.3 is 5.88 Å². The normalized spacial score (nSPS) is 10.2. The number of furan rings is 1. The van der Waals surface area contributed by atoms with E-state index >= 15 is 0 Å². The second-order valence-corrected chi connectivity index (χ2v) is 4.56. The summed E-state index contributed by atoms with van der Waals surface area (Å²) in [4.78, 5) is 21.1. The highest BCUT2D eigenvalue weighted by molar-refractivity contribution is 5.90. The second kappa shape index (κ2) is 6.08. The lowest BCUT2D eigenvalue weighted by Gasteiger charge is -2.10. The average molecular weight is 289 g/mol. The number of hydrogen-bond acceptors (Lipinski definition) is 5. The molecule has 1 amide bonds. The van der Waals surface area contributed by atoms with Gasteiger partial charge < -0.3 is 15.1 Å². The number of hydrogen-bond donors (Lipinski definition) is 2. The van der Waals surface area contributed by atoms with Crippen LogP contribution in [0, 0.1) is 17.0 Å². The van der Waals surface area contributed by atoms with Crippen molar-refractivity contribution in [2.24, 2.45) is 0 Å². The van der Waals surface area contributed by atoms with E-state index in [0.29, 0.717) is 12.3 Å². The van der Waals surface area contributed by atoms with Crippen molar-refractivity contribution in [2.45, 2.75) is 20.4 Å². The van der Waals surface area contributed by atoms with Gasteiger partial charge in [-0.25, -0.2) is 0 Å². The summed E-state index contributed by atoms with van der Waals surface area (Å²) < 4.78 is 5.05. The number of carbonyl (C=O) groups is 1. The maximum absolute atomic E-state index is 11.1. The van der Waals surface area contributed by atoms with Gasteiger partial charge in [0.05, 0.1) is 12.6 Å². The summed E-state index contributed by atoms with van der Waals surface area (Å²) in [5, 5.41) is 16.3. The van der Waals surface area contributed by atoms with Gasteiger partial charge in [0.2, 0.25) is 5.91 Å².